The second-order valence-corrected chi connectivity index (χ2v) is 11.8. The van der Waals surface area contributed by atoms with Gasteiger partial charge in [0.15, 0.2) is 0 Å². The summed E-state index contributed by atoms with van der Waals surface area (Å²) in [6.07, 6.45) is 0. The number of halogens is 2. The molecule has 110 valence electrons. The van der Waals surface area contributed by atoms with E-state index in [0.29, 0.717) is 23.3 Å². The van der Waals surface area contributed by atoms with Crippen molar-refractivity contribution >= 4 is 93.4 Å². The third-order valence-electron chi connectivity index (χ3n) is 1.89. The van der Waals surface area contributed by atoms with E-state index in [1.54, 1.807) is 23.9 Å². The van der Waals surface area contributed by atoms with Gasteiger partial charge in [0.25, 0.3) is 0 Å². The molecule has 0 radical (unpaired) electrons. The van der Waals surface area contributed by atoms with Crippen LogP contribution in [-0.2, 0) is 20.9 Å². The quantitative estimate of drug-likeness (QED) is 0.250. The summed E-state index contributed by atoms with van der Waals surface area (Å²) >= 11 is 20.6. The Hall–Kier alpha value is 2.07. The number of hydrogen-bond acceptors (Lipinski definition) is 5. The summed E-state index contributed by atoms with van der Waals surface area (Å²) in [5.41, 5.74) is -2.23. The number of hydrogen-bond donors (Lipinski definition) is 0. The zero-order chi connectivity index (χ0) is 14.3. The second kappa shape index (κ2) is 11.6. The Bertz CT molecular complexity index is 455. The van der Waals surface area contributed by atoms with Crippen LogP contribution >= 0.6 is 52.0 Å². The molecule has 0 bridgehead atoms. The Kier molecular flexibility index (Phi) is 12.8. The van der Waals surface area contributed by atoms with Crippen LogP contribution in [0.2, 0.25) is 10.0 Å². The zero-order valence-electron chi connectivity index (χ0n) is 10.6. The summed E-state index contributed by atoms with van der Waals surface area (Å²) in [5.74, 6) is 0. The van der Waals surface area contributed by atoms with Crippen LogP contribution in [0.15, 0.2) is 23.1 Å². The van der Waals surface area contributed by atoms with Crippen LogP contribution in [0, 0.1) is 0 Å². The van der Waals surface area contributed by atoms with Gasteiger partial charge >= 0.3 is 29.6 Å². The van der Waals surface area contributed by atoms with E-state index in [-0.39, 0.29) is 29.6 Å². The second-order valence-electron chi connectivity index (χ2n) is 3.25. The molecule has 1 aromatic carbocycles. The molecule has 0 aliphatic rings. The van der Waals surface area contributed by atoms with Crippen molar-refractivity contribution in [2.24, 2.45) is 0 Å². The van der Waals surface area contributed by atoms with Crippen molar-refractivity contribution in [3.05, 3.63) is 28.2 Å². The van der Waals surface area contributed by atoms with Crippen molar-refractivity contribution in [3.63, 3.8) is 0 Å². The normalized spacial score (nSPS) is 11.2. The molecule has 0 spiro atoms. The Labute approximate surface area is 166 Å². The van der Waals surface area contributed by atoms with Crippen LogP contribution in [0.1, 0.15) is 13.8 Å². The van der Waals surface area contributed by atoms with Gasteiger partial charge in [-0.25, -0.2) is 0 Å². The minimum absolute atomic E-state index is 0. The third-order valence-corrected chi connectivity index (χ3v) is 9.69. The van der Waals surface area contributed by atoms with Crippen LogP contribution < -0.4 is 0 Å². The molecule has 0 aliphatic heterocycles. The summed E-state index contributed by atoms with van der Waals surface area (Å²) in [6, 6.07) is 5.41. The average molecular weight is 401 g/mol. The SMILES string of the molecule is CCOP(=S)(OCC)SCSc1cc(Cl)ccc1Cl.[NaH]. The maximum atomic E-state index is 6.10. The molecule has 20 heavy (non-hydrogen) atoms. The first-order chi connectivity index (χ1) is 9.00. The van der Waals surface area contributed by atoms with E-state index in [1.165, 1.54) is 11.4 Å². The predicted molar refractivity (Wildman–Crippen MR) is 99.5 cm³/mol. The van der Waals surface area contributed by atoms with E-state index in [9.17, 15) is 0 Å². The third kappa shape index (κ3) is 8.07. The molecule has 0 aliphatic carbocycles. The van der Waals surface area contributed by atoms with E-state index >= 15 is 0 Å². The molecule has 0 saturated heterocycles. The van der Waals surface area contributed by atoms with Gasteiger partial charge in [0.1, 0.15) is 0 Å². The van der Waals surface area contributed by atoms with Crippen LogP contribution in [-0.4, -0.2) is 47.9 Å². The van der Waals surface area contributed by atoms with Crippen LogP contribution in [0.5, 0.6) is 0 Å². The molecule has 0 fully saturated rings. The van der Waals surface area contributed by atoms with Gasteiger partial charge in [-0.3, -0.25) is 0 Å². The van der Waals surface area contributed by atoms with Crippen LogP contribution in [0.3, 0.4) is 0 Å². The van der Waals surface area contributed by atoms with E-state index in [0.717, 1.165) is 9.98 Å². The van der Waals surface area contributed by atoms with E-state index < -0.39 is 5.69 Å². The fourth-order valence-corrected chi connectivity index (χ4v) is 8.71. The summed E-state index contributed by atoms with van der Waals surface area (Å²) in [6.45, 7) is 4.96. The predicted octanol–water partition coefficient (Wildman–Crippen LogP) is 5.43. The van der Waals surface area contributed by atoms with Gasteiger partial charge in [0, 0.05) is 9.92 Å². The number of benzene rings is 1. The van der Waals surface area contributed by atoms with Gasteiger partial charge in [0.05, 0.1) is 23.3 Å². The standard InChI is InChI=1S/C11H15Cl2O2PS3.Na.H/c1-3-14-16(17,15-4-2)19-8-18-11-7-9(12)5-6-10(11)13;;/h5-7H,3-4,8H2,1-2H3;;. The Morgan fingerprint density at radius 1 is 1.20 bits per heavy atom. The average Bonchev–Trinajstić information content (AvgIpc) is 2.34. The summed E-state index contributed by atoms with van der Waals surface area (Å²) in [5, 5.41) is 2.08. The minimum atomic E-state index is -2.23. The summed E-state index contributed by atoms with van der Waals surface area (Å²) < 4.78 is 11.1. The van der Waals surface area contributed by atoms with Crippen molar-refractivity contribution in [2.75, 3.05) is 18.3 Å². The van der Waals surface area contributed by atoms with E-state index in [1.807, 2.05) is 19.9 Å². The van der Waals surface area contributed by atoms with Crippen molar-refractivity contribution in [2.45, 2.75) is 18.7 Å². The van der Waals surface area contributed by atoms with Crippen LogP contribution in [0.25, 0.3) is 0 Å². The molecule has 0 atom stereocenters. The molecule has 0 heterocycles. The Morgan fingerprint density at radius 2 is 1.80 bits per heavy atom. The monoisotopic (exact) mass is 400 g/mol. The van der Waals surface area contributed by atoms with Crippen molar-refractivity contribution in [1.82, 2.24) is 0 Å². The van der Waals surface area contributed by atoms with Gasteiger partial charge in [-0.2, -0.15) is 0 Å². The Balaban J connectivity index is 0.00000361. The molecule has 2 nitrogen and oxygen atoms in total. The maximum absolute atomic E-state index is 6.10. The molecule has 1 aromatic rings. The van der Waals surface area contributed by atoms with Gasteiger partial charge in [-0.05, 0) is 43.9 Å². The fourth-order valence-electron chi connectivity index (χ4n) is 1.17. The molecular weight excluding hydrogens is 385 g/mol. The van der Waals surface area contributed by atoms with E-state index in [4.69, 9.17) is 44.1 Å². The van der Waals surface area contributed by atoms with Crippen molar-refractivity contribution in [1.29, 1.82) is 0 Å². The Morgan fingerprint density at radius 3 is 2.35 bits per heavy atom. The molecule has 0 N–H and O–H groups in total. The zero-order valence-corrected chi connectivity index (χ0v) is 15.5. The van der Waals surface area contributed by atoms with Gasteiger partial charge in [0.2, 0.25) is 5.69 Å². The van der Waals surface area contributed by atoms with E-state index in [2.05, 4.69) is 0 Å². The fraction of sp³-hybridized carbons (Fsp3) is 0.455. The van der Waals surface area contributed by atoms with Crippen molar-refractivity contribution < 1.29 is 9.05 Å². The summed E-state index contributed by atoms with van der Waals surface area (Å²) in [7, 11) is 0. The molecule has 0 saturated carbocycles. The number of thioether (sulfide) groups is 1. The first-order valence-electron chi connectivity index (χ1n) is 5.62. The molecule has 0 unspecified atom stereocenters. The topological polar surface area (TPSA) is 18.5 Å². The van der Waals surface area contributed by atoms with Crippen molar-refractivity contribution in [3.8, 4) is 0 Å². The molecule has 0 aromatic heterocycles. The van der Waals surface area contributed by atoms with Gasteiger partial charge < -0.3 is 9.05 Å². The van der Waals surface area contributed by atoms with Gasteiger partial charge in [-0.1, -0.05) is 34.6 Å². The molecular formula is C11H16Cl2NaO2PS3. The first-order valence-corrected chi connectivity index (χ1v) is 11.6. The summed E-state index contributed by atoms with van der Waals surface area (Å²) in [4.78, 5) is 0.941. The van der Waals surface area contributed by atoms with Crippen LogP contribution in [0.4, 0.5) is 0 Å². The molecule has 1 rings (SSSR count). The number of rotatable bonds is 8. The molecule has 0 amide bonds. The molecule has 9 heteroatoms. The van der Waals surface area contributed by atoms with Gasteiger partial charge in [-0.15, -0.1) is 11.8 Å². The first kappa shape index (κ1) is 22.1.